The second-order valence-electron chi connectivity index (χ2n) is 5.59. The first-order chi connectivity index (χ1) is 11.0. The molecule has 0 radical (unpaired) electrons. The standard InChI is InChI=1S/C15H18ClF3N2O3/c1-14(2,13(23)24-3)11(8-16)20-21-12(22)9-4-6-10(7-5-9)15(17,18)19/h4-7,11,20H,8H2,1-3H3,(H,21,22)/t11-/m0/s1. The van der Waals surface area contributed by atoms with E-state index in [1.807, 2.05) is 0 Å². The van der Waals surface area contributed by atoms with Crippen LogP contribution < -0.4 is 10.9 Å². The SMILES string of the molecule is COC(=O)C(C)(C)[C@H](CCl)NNC(=O)c1ccc(C(F)(F)F)cc1. The average molecular weight is 367 g/mol. The fourth-order valence-corrected chi connectivity index (χ4v) is 2.32. The number of hydrogen-bond acceptors (Lipinski definition) is 4. The third kappa shape index (κ3) is 4.85. The van der Waals surface area contributed by atoms with Crippen LogP contribution in [0.1, 0.15) is 29.8 Å². The lowest BCUT2D eigenvalue weighted by atomic mass is 9.86. The molecule has 0 unspecified atom stereocenters. The zero-order chi connectivity index (χ0) is 18.5. The average Bonchev–Trinajstić information content (AvgIpc) is 2.53. The van der Waals surface area contributed by atoms with E-state index in [2.05, 4.69) is 15.6 Å². The van der Waals surface area contributed by atoms with E-state index in [1.165, 1.54) is 7.11 Å². The third-order valence-electron chi connectivity index (χ3n) is 3.57. The lowest BCUT2D eigenvalue weighted by Crippen LogP contribution is -2.54. The Hall–Kier alpha value is -1.80. The quantitative estimate of drug-likeness (QED) is 0.461. The molecule has 0 fully saturated rings. The number of benzene rings is 1. The number of rotatable bonds is 6. The van der Waals surface area contributed by atoms with Gasteiger partial charge in [0.1, 0.15) is 0 Å². The van der Waals surface area contributed by atoms with Gasteiger partial charge in [-0.1, -0.05) is 0 Å². The second-order valence-corrected chi connectivity index (χ2v) is 5.90. The number of methoxy groups -OCH3 is 1. The maximum atomic E-state index is 12.5. The summed E-state index contributed by atoms with van der Waals surface area (Å²) in [6.45, 7) is 3.17. The zero-order valence-corrected chi connectivity index (χ0v) is 14.1. The van der Waals surface area contributed by atoms with E-state index in [-0.39, 0.29) is 11.4 Å². The van der Waals surface area contributed by atoms with Crippen LogP contribution in [-0.2, 0) is 15.7 Å². The molecular weight excluding hydrogens is 349 g/mol. The summed E-state index contributed by atoms with van der Waals surface area (Å²) in [6.07, 6.45) is -4.47. The van der Waals surface area contributed by atoms with Crippen LogP contribution in [0.4, 0.5) is 13.2 Å². The van der Waals surface area contributed by atoms with Crippen molar-refractivity contribution < 1.29 is 27.5 Å². The molecule has 1 amide bonds. The van der Waals surface area contributed by atoms with E-state index in [9.17, 15) is 22.8 Å². The van der Waals surface area contributed by atoms with Crippen molar-refractivity contribution in [2.24, 2.45) is 5.41 Å². The van der Waals surface area contributed by atoms with Crippen molar-refractivity contribution in [1.29, 1.82) is 0 Å². The highest BCUT2D eigenvalue weighted by Crippen LogP contribution is 2.29. The van der Waals surface area contributed by atoms with Crippen LogP contribution >= 0.6 is 11.6 Å². The van der Waals surface area contributed by atoms with Gasteiger partial charge in [0.2, 0.25) is 0 Å². The maximum Gasteiger partial charge on any atom is 0.416 e. The molecule has 2 N–H and O–H groups in total. The van der Waals surface area contributed by atoms with Crippen molar-refractivity contribution in [3.63, 3.8) is 0 Å². The Morgan fingerprint density at radius 2 is 1.75 bits per heavy atom. The van der Waals surface area contributed by atoms with Gasteiger partial charge < -0.3 is 4.74 Å². The van der Waals surface area contributed by atoms with Gasteiger partial charge in [0.15, 0.2) is 0 Å². The van der Waals surface area contributed by atoms with Crippen molar-refractivity contribution in [2.45, 2.75) is 26.1 Å². The first kappa shape index (κ1) is 20.2. The van der Waals surface area contributed by atoms with Gasteiger partial charge in [-0.15, -0.1) is 11.6 Å². The Kier molecular flexibility index (Phi) is 6.62. The number of nitrogens with one attached hydrogen (secondary N) is 2. The summed E-state index contributed by atoms with van der Waals surface area (Å²) in [4.78, 5) is 23.7. The topological polar surface area (TPSA) is 67.4 Å². The third-order valence-corrected chi connectivity index (χ3v) is 3.88. The van der Waals surface area contributed by atoms with E-state index < -0.39 is 35.1 Å². The molecule has 1 aromatic rings. The highest BCUT2D eigenvalue weighted by molar-refractivity contribution is 6.18. The van der Waals surface area contributed by atoms with Crippen LogP contribution in [0, 0.1) is 5.41 Å². The number of ether oxygens (including phenoxy) is 1. The molecule has 1 aromatic carbocycles. The highest BCUT2D eigenvalue weighted by Gasteiger charge is 2.37. The molecule has 0 saturated heterocycles. The fraction of sp³-hybridized carbons (Fsp3) is 0.467. The van der Waals surface area contributed by atoms with Gasteiger partial charge in [0, 0.05) is 11.4 Å². The zero-order valence-electron chi connectivity index (χ0n) is 13.3. The monoisotopic (exact) mass is 366 g/mol. The molecular formula is C15H18ClF3N2O3. The van der Waals surface area contributed by atoms with E-state index in [0.29, 0.717) is 0 Å². The first-order valence-electron chi connectivity index (χ1n) is 6.91. The fourth-order valence-electron chi connectivity index (χ4n) is 1.85. The van der Waals surface area contributed by atoms with Gasteiger partial charge in [-0.05, 0) is 38.1 Å². The van der Waals surface area contributed by atoms with Crippen molar-refractivity contribution >= 4 is 23.5 Å². The molecule has 1 rings (SSSR count). The summed E-state index contributed by atoms with van der Waals surface area (Å²) >= 11 is 5.81. The lowest BCUT2D eigenvalue weighted by Gasteiger charge is -2.31. The molecule has 0 aromatic heterocycles. The lowest BCUT2D eigenvalue weighted by molar-refractivity contribution is -0.152. The van der Waals surface area contributed by atoms with E-state index in [4.69, 9.17) is 11.6 Å². The highest BCUT2D eigenvalue weighted by atomic mass is 35.5. The largest absolute Gasteiger partial charge is 0.469 e. The predicted octanol–water partition coefficient (Wildman–Crippen LogP) is 2.75. The minimum atomic E-state index is -4.47. The molecule has 1 atom stereocenters. The van der Waals surface area contributed by atoms with Gasteiger partial charge in [0.05, 0.1) is 24.1 Å². The number of halogens is 4. The number of amides is 1. The summed E-state index contributed by atoms with van der Waals surface area (Å²) < 4.78 is 42.1. The normalized spacial score (nSPS) is 13.3. The molecule has 0 spiro atoms. The Bertz CT molecular complexity index is 589. The van der Waals surface area contributed by atoms with Crippen molar-refractivity contribution in [3.05, 3.63) is 35.4 Å². The van der Waals surface area contributed by atoms with Gasteiger partial charge >= 0.3 is 12.1 Å². The number of carbonyl (C=O) groups excluding carboxylic acids is 2. The maximum absolute atomic E-state index is 12.5. The molecule has 24 heavy (non-hydrogen) atoms. The van der Waals surface area contributed by atoms with E-state index in [0.717, 1.165) is 24.3 Å². The van der Waals surface area contributed by atoms with E-state index in [1.54, 1.807) is 13.8 Å². The Morgan fingerprint density at radius 3 is 2.17 bits per heavy atom. The Balaban J connectivity index is 2.75. The number of esters is 1. The van der Waals surface area contributed by atoms with Crippen molar-refractivity contribution in [3.8, 4) is 0 Å². The summed E-state index contributed by atoms with van der Waals surface area (Å²) in [6, 6.07) is 3.09. The van der Waals surface area contributed by atoms with Crippen LogP contribution in [0.2, 0.25) is 0 Å². The molecule has 0 aliphatic rings. The Labute approximate surface area is 142 Å². The van der Waals surface area contributed by atoms with Crippen LogP contribution in [0.25, 0.3) is 0 Å². The minimum Gasteiger partial charge on any atom is -0.469 e. The van der Waals surface area contributed by atoms with E-state index >= 15 is 0 Å². The molecule has 134 valence electrons. The minimum absolute atomic E-state index is 0.00457. The molecule has 0 saturated carbocycles. The molecule has 0 bridgehead atoms. The molecule has 0 aliphatic carbocycles. The van der Waals surface area contributed by atoms with Crippen LogP contribution in [0.15, 0.2) is 24.3 Å². The smallest absolute Gasteiger partial charge is 0.416 e. The summed E-state index contributed by atoms with van der Waals surface area (Å²) in [5.41, 5.74) is 3.10. The van der Waals surface area contributed by atoms with Crippen LogP contribution in [0.5, 0.6) is 0 Å². The summed E-state index contributed by atoms with van der Waals surface area (Å²) in [7, 11) is 1.23. The second kappa shape index (κ2) is 7.85. The van der Waals surface area contributed by atoms with Gasteiger partial charge in [0.25, 0.3) is 5.91 Å². The van der Waals surface area contributed by atoms with Crippen LogP contribution in [0.3, 0.4) is 0 Å². The van der Waals surface area contributed by atoms with Crippen molar-refractivity contribution in [1.82, 2.24) is 10.9 Å². The predicted molar refractivity (Wildman–Crippen MR) is 82.4 cm³/mol. The van der Waals surface area contributed by atoms with Crippen LogP contribution in [-0.4, -0.2) is 30.9 Å². The number of hydrogen-bond donors (Lipinski definition) is 2. The van der Waals surface area contributed by atoms with Crippen molar-refractivity contribution in [2.75, 3.05) is 13.0 Å². The molecule has 9 heteroatoms. The first-order valence-corrected chi connectivity index (χ1v) is 7.45. The Morgan fingerprint density at radius 1 is 1.21 bits per heavy atom. The summed E-state index contributed by atoms with van der Waals surface area (Å²) in [5.74, 6) is -1.18. The van der Waals surface area contributed by atoms with Gasteiger partial charge in [-0.2, -0.15) is 13.2 Å². The molecule has 0 aliphatic heterocycles. The number of hydrazine groups is 1. The number of alkyl halides is 4. The van der Waals surface area contributed by atoms with Gasteiger partial charge in [-0.3, -0.25) is 15.0 Å². The van der Waals surface area contributed by atoms with Gasteiger partial charge in [-0.25, -0.2) is 5.43 Å². The summed E-state index contributed by atoms with van der Waals surface area (Å²) in [5, 5.41) is 0. The molecule has 5 nitrogen and oxygen atoms in total. The number of carbonyl (C=O) groups is 2. The molecule has 0 heterocycles.